The maximum atomic E-state index is 10.8. The van der Waals surface area contributed by atoms with Crippen molar-refractivity contribution in [3.63, 3.8) is 0 Å². The second-order valence-electron chi connectivity index (χ2n) is 5.23. The average Bonchev–Trinajstić information content (AvgIpc) is 1.98. The lowest BCUT2D eigenvalue weighted by Crippen LogP contribution is -2.62. The third-order valence-electron chi connectivity index (χ3n) is 3.69. The number of rotatable bonds is 3. The van der Waals surface area contributed by atoms with Crippen LogP contribution in [0.1, 0.15) is 0 Å². The Bertz CT molecular complexity index is 541. The number of hydrogen-bond donors (Lipinski definition) is 3. The first-order valence-corrected chi connectivity index (χ1v) is 10.6. The number of thioether (sulfide) groups is 1. The summed E-state index contributed by atoms with van der Waals surface area (Å²) in [6.07, 6.45) is 0. The summed E-state index contributed by atoms with van der Waals surface area (Å²) in [5, 5.41) is 12.0. The average molecular weight is 381 g/mol. The summed E-state index contributed by atoms with van der Waals surface area (Å²) >= 11 is 1.91. The number of nitrogens with one attached hydrogen (secondary N) is 1. The van der Waals surface area contributed by atoms with Crippen LogP contribution < -0.4 is 15.6 Å². The van der Waals surface area contributed by atoms with Gasteiger partial charge in [-0.15, -0.1) is 12.4 Å². The molecule has 0 bridgehead atoms. The zero-order chi connectivity index (χ0) is 15.0. The van der Waals surface area contributed by atoms with E-state index in [1.807, 2.05) is 11.8 Å². The van der Waals surface area contributed by atoms with Crippen LogP contribution in [0.15, 0.2) is 0 Å². The van der Waals surface area contributed by atoms with Crippen LogP contribution >= 0.6 is 24.2 Å². The number of likely N-dealkylation sites (tertiary alicyclic amines) is 1. The van der Waals surface area contributed by atoms with E-state index in [1.54, 1.807) is 0 Å². The molecule has 0 aromatic rings. The molecule has 0 saturated carbocycles. The van der Waals surface area contributed by atoms with Gasteiger partial charge in [-0.25, -0.2) is 27.1 Å². The molecule has 0 radical (unpaired) electrons. The lowest BCUT2D eigenvalue weighted by Gasteiger charge is -2.46. The monoisotopic (exact) mass is 380 g/mol. The molecule has 0 spiro atoms. The third-order valence-corrected chi connectivity index (χ3v) is 7.42. The van der Waals surface area contributed by atoms with Gasteiger partial charge in [-0.3, -0.25) is 4.90 Å². The third kappa shape index (κ3) is 5.20. The summed E-state index contributed by atoms with van der Waals surface area (Å²) in [6.45, 7) is 2.31. The normalized spacial score (nSPS) is 24.7. The Labute approximate surface area is 135 Å². The summed E-state index contributed by atoms with van der Waals surface area (Å²) in [4.78, 5) is 2.20. The molecule has 0 aromatic carbocycles. The van der Waals surface area contributed by atoms with E-state index in [0.29, 0.717) is 32.2 Å². The molecule has 0 aromatic heterocycles. The molecule has 8 nitrogen and oxygen atoms in total. The summed E-state index contributed by atoms with van der Waals surface area (Å²) in [5.41, 5.74) is 0. The van der Waals surface area contributed by atoms with Gasteiger partial charge in [0.2, 0.25) is 20.0 Å². The molecule has 3 fully saturated rings. The van der Waals surface area contributed by atoms with Crippen LogP contribution in [0.2, 0.25) is 0 Å². The Kier molecular flexibility index (Phi) is 6.75. The van der Waals surface area contributed by atoms with Gasteiger partial charge in [0.05, 0.1) is 5.25 Å². The van der Waals surface area contributed by atoms with Gasteiger partial charge in [-0.1, -0.05) is 0 Å². The Morgan fingerprint density at radius 3 is 1.62 bits per heavy atom. The summed E-state index contributed by atoms with van der Waals surface area (Å²) in [7, 11) is -6.49. The van der Waals surface area contributed by atoms with E-state index in [9.17, 15) is 16.8 Å². The molecule has 3 saturated heterocycles. The summed E-state index contributed by atoms with van der Waals surface area (Å²) in [5.74, 6) is 2.30. The van der Waals surface area contributed by atoms with Gasteiger partial charge in [0.25, 0.3) is 0 Å². The second-order valence-corrected chi connectivity index (χ2v) is 9.99. The molecule has 21 heavy (non-hydrogen) atoms. The highest BCUT2D eigenvalue weighted by molar-refractivity contribution is 8.00. The highest BCUT2D eigenvalue weighted by atomic mass is 35.5. The smallest absolute Gasteiger partial charge is 0.214 e. The largest absolute Gasteiger partial charge is 0.314 e. The van der Waals surface area contributed by atoms with Gasteiger partial charge in [-0.05, 0) is 0 Å². The number of sulfonamides is 2. The number of halogens is 1. The second kappa shape index (κ2) is 7.30. The van der Waals surface area contributed by atoms with Crippen molar-refractivity contribution in [1.29, 1.82) is 0 Å². The van der Waals surface area contributed by atoms with Crippen LogP contribution in [0.3, 0.4) is 0 Å². The molecule has 3 aliphatic rings. The predicted octanol–water partition coefficient (Wildman–Crippen LogP) is -2.26. The van der Waals surface area contributed by atoms with Gasteiger partial charge in [0, 0.05) is 43.7 Å². The van der Waals surface area contributed by atoms with Gasteiger partial charge in [0.15, 0.2) is 0 Å². The van der Waals surface area contributed by atoms with Crippen LogP contribution in [-0.2, 0) is 20.0 Å². The van der Waals surface area contributed by atoms with Crippen molar-refractivity contribution in [3.05, 3.63) is 0 Å². The highest BCUT2D eigenvalue weighted by Gasteiger charge is 2.40. The first kappa shape index (κ1) is 19.4. The quantitative estimate of drug-likeness (QED) is 0.502. The molecular formula is C9H21ClN4O4S3. The van der Waals surface area contributed by atoms with Crippen LogP contribution in [0.5, 0.6) is 0 Å². The van der Waals surface area contributed by atoms with E-state index in [2.05, 4.69) is 10.2 Å². The molecule has 0 atom stereocenters. The van der Waals surface area contributed by atoms with E-state index < -0.39 is 20.0 Å². The van der Waals surface area contributed by atoms with Crippen LogP contribution in [0.4, 0.5) is 0 Å². The lowest BCUT2D eigenvalue weighted by molar-refractivity contribution is 0.141. The highest BCUT2D eigenvalue weighted by Crippen LogP contribution is 2.28. The number of hydrogen-bond acceptors (Lipinski definition) is 7. The van der Waals surface area contributed by atoms with Gasteiger partial charge in [-0.2, -0.15) is 11.8 Å². The Morgan fingerprint density at radius 2 is 1.43 bits per heavy atom. The van der Waals surface area contributed by atoms with E-state index >= 15 is 0 Å². The van der Waals surface area contributed by atoms with Crippen molar-refractivity contribution in [1.82, 2.24) is 10.2 Å². The Balaban J connectivity index is 0.000000216. The minimum Gasteiger partial charge on any atom is -0.314 e. The molecule has 0 unspecified atom stereocenters. The number of nitrogens with zero attached hydrogens (tertiary/aromatic N) is 1. The van der Waals surface area contributed by atoms with E-state index in [0.717, 1.165) is 11.5 Å². The van der Waals surface area contributed by atoms with E-state index in [4.69, 9.17) is 10.3 Å². The molecule has 0 amide bonds. The first-order valence-electron chi connectivity index (χ1n) is 6.23. The van der Waals surface area contributed by atoms with Crippen LogP contribution in [0.25, 0.3) is 0 Å². The molecule has 126 valence electrons. The maximum Gasteiger partial charge on any atom is 0.214 e. The van der Waals surface area contributed by atoms with Crippen molar-refractivity contribution >= 4 is 44.2 Å². The molecule has 3 heterocycles. The number of nitrogens with two attached hydrogens (primary N) is 2. The van der Waals surface area contributed by atoms with Crippen molar-refractivity contribution < 1.29 is 16.8 Å². The molecule has 3 rings (SSSR count). The maximum absolute atomic E-state index is 10.8. The van der Waals surface area contributed by atoms with E-state index in [-0.39, 0.29) is 22.9 Å². The minimum atomic E-state index is -3.27. The summed E-state index contributed by atoms with van der Waals surface area (Å²) in [6, 6.07) is 0.619. The van der Waals surface area contributed by atoms with Crippen molar-refractivity contribution in [2.45, 2.75) is 16.5 Å². The van der Waals surface area contributed by atoms with Crippen molar-refractivity contribution in [2.24, 2.45) is 10.3 Å². The molecule has 12 heteroatoms. The fourth-order valence-corrected chi connectivity index (χ4v) is 4.27. The topological polar surface area (TPSA) is 136 Å². The molecular weight excluding hydrogens is 360 g/mol. The Morgan fingerprint density at radius 1 is 0.952 bits per heavy atom. The van der Waals surface area contributed by atoms with Crippen LogP contribution in [0, 0.1) is 0 Å². The van der Waals surface area contributed by atoms with Gasteiger partial charge < -0.3 is 5.32 Å². The molecule has 5 N–H and O–H groups in total. The number of primary sulfonamides is 2. The fraction of sp³-hybridized carbons (Fsp3) is 1.00. The molecule has 3 aliphatic heterocycles. The van der Waals surface area contributed by atoms with Crippen molar-refractivity contribution in [3.8, 4) is 0 Å². The van der Waals surface area contributed by atoms with E-state index in [1.165, 1.54) is 0 Å². The fourth-order valence-electron chi connectivity index (χ4n) is 1.90. The Hall–Kier alpha value is 0.380. The van der Waals surface area contributed by atoms with Crippen LogP contribution in [-0.4, -0.2) is 76.0 Å². The van der Waals surface area contributed by atoms with Gasteiger partial charge >= 0.3 is 0 Å². The standard InChI is InChI=1S/C6H12N2O2S2.C3H8N2O2S.ClH/c7-12(9,10)6-1-8(2-6)5-3-11-4-5;4-8(6,7)3-1-5-2-3;/h5-6H,1-4H2,(H2,7,9,10);3,5H,1-2H2,(H2,4,6,7);1H. The zero-order valence-electron chi connectivity index (χ0n) is 11.3. The first-order chi connectivity index (χ1) is 9.18. The SMILES string of the molecule is Cl.NS(=O)(=O)C1CN(C2CSC2)C1.NS(=O)(=O)C1CNC1. The van der Waals surface area contributed by atoms with Gasteiger partial charge in [0.1, 0.15) is 5.25 Å². The zero-order valence-corrected chi connectivity index (χ0v) is 14.6. The van der Waals surface area contributed by atoms with Crippen molar-refractivity contribution in [2.75, 3.05) is 37.7 Å². The lowest BCUT2D eigenvalue weighted by atomic mass is 10.1. The molecule has 0 aliphatic carbocycles. The minimum absolute atomic E-state index is 0. The predicted molar refractivity (Wildman–Crippen MR) is 86.6 cm³/mol. The summed E-state index contributed by atoms with van der Waals surface area (Å²) < 4.78 is 42.4.